The summed E-state index contributed by atoms with van der Waals surface area (Å²) in [4.78, 5) is 2.49. The summed E-state index contributed by atoms with van der Waals surface area (Å²) < 4.78 is 0. The second-order valence-electron chi connectivity index (χ2n) is 6.88. The average molecular weight is 241 g/mol. The van der Waals surface area contributed by atoms with Crippen LogP contribution in [0.2, 0.25) is 0 Å². The van der Waals surface area contributed by atoms with E-state index in [1.165, 1.54) is 13.0 Å². The van der Waals surface area contributed by atoms with Crippen molar-refractivity contribution in [3.63, 3.8) is 0 Å². The van der Waals surface area contributed by atoms with Crippen LogP contribution in [0.25, 0.3) is 0 Å². The lowest BCUT2D eigenvalue weighted by atomic mass is 10.0. The van der Waals surface area contributed by atoms with Crippen LogP contribution in [0.1, 0.15) is 68.7 Å². The summed E-state index contributed by atoms with van der Waals surface area (Å²) in [5, 5.41) is 0. The maximum absolute atomic E-state index is 2.49. The highest BCUT2D eigenvalue weighted by Crippen LogP contribution is 2.15. The summed E-state index contributed by atoms with van der Waals surface area (Å²) >= 11 is 0. The van der Waals surface area contributed by atoms with Gasteiger partial charge in [0.2, 0.25) is 0 Å². The summed E-state index contributed by atoms with van der Waals surface area (Å²) in [5.74, 6) is 0. The molecule has 0 bridgehead atoms. The van der Waals surface area contributed by atoms with Crippen LogP contribution in [0, 0.1) is 5.41 Å². The summed E-state index contributed by atoms with van der Waals surface area (Å²) in [7, 11) is 0. The first-order chi connectivity index (χ1) is 7.61. The van der Waals surface area contributed by atoms with Crippen LogP contribution in [-0.4, -0.2) is 23.5 Å². The topological polar surface area (TPSA) is 3.24 Å². The molecule has 0 fully saturated rings. The molecule has 0 amide bonds. The highest BCUT2D eigenvalue weighted by atomic mass is 15.2. The number of hydrogen-bond donors (Lipinski definition) is 0. The number of nitrogens with zero attached hydrogens (tertiary/aromatic N) is 1. The maximum atomic E-state index is 2.49. The van der Waals surface area contributed by atoms with Crippen LogP contribution in [0.5, 0.6) is 0 Å². The Morgan fingerprint density at radius 3 is 1.41 bits per heavy atom. The molecule has 0 aromatic rings. The Hall–Kier alpha value is -0.300. The van der Waals surface area contributed by atoms with Gasteiger partial charge < -0.3 is 0 Å². The molecule has 0 spiro atoms. The quantitative estimate of drug-likeness (QED) is 0.532. The third-order valence-electron chi connectivity index (χ3n) is 2.01. The van der Waals surface area contributed by atoms with Crippen LogP contribution < -0.4 is 0 Å². The van der Waals surface area contributed by atoms with Gasteiger partial charge in [-0.1, -0.05) is 53.7 Å². The van der Waals surface area contributed by atoms with E-state index in [0.29, 0.717) is 11.0 Å². The van der Waals surface area contributed by atoms with Gasteiger partial charge in [-0.3, -0.25) is 4.90 Å². The van der Waals surface area contributed by atoms with Crippen molar-refractivity contribution >= 4 is 0 Å². The Labute approximate surface area is 110 Å². The van der Waals surface area contributed by atoms with Crippen molar-refractivity contribution in [2.45, 2.75) is 74.3 Å². The monoisotopic (exact) mass is 241 g/mol. The standard InChI is InChI=1S/C9H17N.C5H12.C2H6/c1-9(2,3)10-7-5-4-6-8-10;1-5(2,3)4;1-2/h4-5H,6-8H2,1-3H3;1-4H3;1-2H3. The molecule has 0 N–H and O–H groups in total. The zero-order chi connectivity index (χ0) is 14.1. The zero-order valence-corrected chi connectivity index (χ0v) is 13.7. The molecule has 0 radical (unpaired) electrons. The Morgan fingerprint density at radius 1 is 0.824 bits per heavy atom. The van der Waals surface area contributed by atoms with Crippen LogP contribution in [0.3, 0.4) is 0 Å². The van der Waals surface area contributed by atoms with Gasteiger partial charge in [0.15, 0.2) is 0 Å². The molecular weight excluding hydrogens is 206 g/mol. The van der Waals surface area contributed by atoms with Crippen molar-refractivity contribution < 1.29 is 0 Å². The fourth-order valence-electron chi connectivity index (χ4n) is 1.25. The van der Waals surface area contributed by atoms with E-state index in [0.717, 1.165) is 6.54 Å². The smallest absolute Gasteiger partial charge is 0.0168 e. The molecule has 0 unspecified atom stereocenters. The predicted molar refractivity (Wildman–Crippen MR) is 81.6 cm³/mol. The van der Waals surface area contributed by atoms with Gasteiger partial charge in [-0.2, -0.15) is 0 Å². The molecule has 1 nitrogen and oxygen atoms in total. The van der Waals surface area contributed by atoms with Gasteiger partial charge in [0.1, 0.15) is 0 Å². The predicted octanol–water partition coefficient (Wildman–Crippen LogP) is 5.13. The van der Waals surface area contributed by atoms with Crippen LogP contribution in [0.4, 0.5) is 0 Å². The summed E-state index contributed by atoms with van der Waals surface area (Å²) in [6.07, 6.45) is 5.74. The number of hydrogen-bond acceptors (Lipinski definition) is 1. The molecule has 0 saturated heterocycles. The van der Waals surface area contributed by atoms with Crippen LogP contribution in [-0.2, 0) is 0 Å². The molecule has 0 aromatic heterocycles. The fourth-order valence-corrected chi connectivity index (χ4v) is 1.25. The minimum absolute atomic E-state index is 0.352. The molecule has 17 heavy (non-hydrogen) atoms. The van der Waals surface area contributed by atoms with E-state index in [2.05, 4.69) is 65.5 Å². The molecule has 104 valence electrons. The largest absolute Gasteiger partial charge is 0.295 e. The molecule has 1 aliphatic heterocycles. The minimum atomic E-state index is 0.352. The van der Waals surface area contributed by atoms with E-state index in [4.69, 9.17) is 0 Å². The third-order valence-corrected chi connectivity index (χ3v) is 2.01. The van der Waals surface area contributed by atoms with E-state index in [1.807, 2.05) is 13.8 Å². The molecule has 1 rings (SSSR count). The Balaban J connectivity index is 0. The van der Waals surface area contributed by atoms with Gasteiger partial charge in [0, 0.05) is 18.6 Å². The highest BCUT2D eigenvalue weighted by Gasteiger charge is 2.20. The average Bonchev–Trinajstić information content (AvgIpc) is 2.18. The third kappa shape index (κ3) is 15.7. The molecule has 0 saturated carbocycles. The summed E-state index contributed by atoms with van der Waals surface area (Å²) in [5.41, 5.74) is 0.852. The lowest BCUT2D eigenvalue weighted by Gasteiger charge is -2.36. The van der Waals surface area contributed by atoms with Gasteiger partial charge in [0.25, 0.3) is 0 Å². The molecule has 0 aliphatic carbocycles. The second kappa shape index (κ2) is 8.74. The van der Waals surface area contributed by atoms with Gasteiger partial charge >= 0.3 is 0 Å². The van der Waals surface area contributed by atoms with Crippen molar-refractivity contribution in [3.8, 4) is 0 Å². The van der Waals surface area contributed by atoms with E-state index in [9.17, 15) is 0 Å². The fraction of sp³-hybridized carbons (Fsp3) is 0.875. The van der Waals surface area contributed by atoms with Crippen LogP contribution in [0.15, 0.2) is 12.2 Å². The molecule has 0 aromatic carbocycles. The van der Waals surface area contributed by atoms with Crippen LogP contribution >= 0.6 is 0 Å². The van der Waals surface area contributed by atoms with Crippen molar-refractivity contribution in [1.29, 1.82) is 0 Å². The van der Waals surface area contributed by atoms with Crippen molar-refractivity contribution in [2.75, 3.05) is 13.1 Å². The van der Waals surface area contributed by atoms with Gasteiger partial charge in [-0.05, 0) is 32.6 Å². The lowest BCUT2D eigenvalue weighted by Crippen LogP contribution is -2.43. The van der Waals surface area contributed by atoms with E-state index in [1.54, 1.807) is 0 Å². The Bertz CT molecular complexity index is 185. The van der Waals surface area contributed by atoms with Gasteiger partial charge in [-0.25, -0.2) is 0 Å². The second-order valence-corrected chi connectivity index (χ2v) is 6.88. The summed E-state index contributed by atoms with van der Waals surface area (Å²) in [6.45, 7) is 21.9. The lowest BCUT2D eigenvalue weighted by molar-refractivity contribution is 0.151. The minimum Gasteiger partial charge on any atom is -0.295 e. The van der Waals surface area contributed by atoms with Crippen molar-refractivity contribution in [1.82, 2.24) is 4.90 Å². The summed E-state index contributed by atoms with van der Waals surface area (Å²) in [6, 6.07) is 0. The van der Waals surface area contributed by atoms with Gasteiger partial charge in [-0.15, -0.1) is 0 Å². The SMILES string of the molecule is CC.CC(C)(C)C.CC(C)(C)N1CC=CCC1. The van der Waals surface area contributed by atoms with Crippen molar-refractivity contribution in [3.05, 3.63) is 12.2 Å². The first-order valence-corrected chi connectivity index (χ1v) is 7.01. The van der Waals surface area contributed by atoms with Crippen molar-refractivity contribution in [2.24, 2.45) is 5.41 Å². The highest BCUT2D eigenvalue weighted by molar-refractivity contribution is 4.94. The maximum Gasteiger partial charge on any atom is 0.0168 e. The molecule has 1 aliphatic rings. The first kappa shape index (κ1) is 19.0. The Morgan fingerprint density at radius 2 is 1.24 bits per heavy atom. The molecule has 1 heteroatoms. The van der Waals surface area contributed by atoms with E-state index < -0.39 is 0 Å². The first-order valence-electron chi connectivity index (χ1n) is 7.01. The Kier molecular flexibility index (Phi) is 9.80. The van der Waals surface area contributed by atoms with E-state index >= 15 is 0 Å². The number of rotatable bonds is 0. The molecule has 0 atom stereocenters. The molecular formula is C16H35N. The zero-order valence-electron chi connectivity index (χ0n) is 13.7. The van der Waals surface area contributed by atoms with Gasteiger partial charge in [0.05, 0.1) is 0 Å². The normalized spacial score (nSPS) is 16.5. The molecule has 1 heterocycles. The van der Waals surface area contributed by atoms with E-state index in [-0.39, 0.29) is 0 Å².